The van der Waals surface area contributed by atoms with Crippen LogP contribution in [0.15, 0.2) is 60.7 Å². The molecule has 0 spiro atoms. The van der Waals surface area contributed by atoms with E-state index in [1.165, 1.54) is 4.90 Å². The zero-order chi connectivity index (χ0) is 41.0. The van der Waals surface area contributed by atoms with Gasteiger partial charge in [-0.3, -0.25) is 9.69 Å². The van der Waals surface area contributed by atoms with Gasteiger partial charge in [0, 0.05) is 29.7 Å². The number of rotatable bonds is 14. The minimum atomic E-state index is -2.08. The summed E-state index contributed by atoms with van der Waals surface area (Å²) < 4.78 is 37.6. The van der Waals surface area contributed by atoms with Crippen molar-refractivity contribution < 1.29 is 42.8 Å². The Morgan fingerprint density at radius 3 is 2.00 bits per heavy atom. The van der Waals surface area contributed by atoms with Crippen molar-refractivity contribution in [2.75, 3.05) is 27.4 Å². The first-order valence-corrected chi connectivity index (χ1v) is 22.5. The molecule has 2 heterocycles. The number of fused-ring (bicyclic) bond motifs is 2. The summed E-state index contributed by atoms with van der Waals surface area (Å²) in [5.74, 6) is 1.21. The van der Waals surface area contributed by atoms with Crippen LogP contribution < -0.4 is 14.2 Å². The van der Waals surface area contributed by atoms with E-state index in [4.69, 9.17) is 28.1 Å². The van der Waals surface area contributed by atoms with Crippen molar-refractivity contribution in [3.8, 4) is 17.2 Å². The average Bonchev–Trinajstić information content (AvgIpc) is 3.13. The number of nitrogens with zero attached hydrogens (tertiary/aromatic N) is 2. The summed E-state index contributed by atoms with van der Waals surface area (Å²) in [5.41, 5.74) is 3.23. The molecule has 0 aliphatic carbocycles. The van der Waals surface area contributed by atoms with Gasteiger partial charge in [0.05, 0.1) is 39.5 Å². The topological polar surface area (TPSA) is 116 Å². The van der Waals surface area contributed by atoms with Gasteiger partial charge >= 0.3 is 6.09 Å². The van der Waals surface area contributed by atoms with Crippen LogP contribution in [0.1, 0.15) is 88.2 Å². The highest BCUT2D eigenvalue weighted by atomic mass is 28.4. The summed E-state index contributed by atoms with van der Waals surface area (Å²) in [6.07, 6.45) is -1.23. The molecule has 5 rings (SSSR count). The molecule has 0 bridgehead atoms. The Morgan fingerprint density at radius 2 is 1.45 bits per heavy atom. The molecule has 12 heteroatoms. The van der Waals surface area contributed by atoms with Crippen LogP contribution in [0.3, 0.4) is 0 Å². The lowest BCUT2D eigenvalue weighted by molar-refractivity contribution is -0.177. The van der Waals surface area contributed by atoms with Gasteiger partial charge in [-0.05, 0) is 69.8 Å². The van der Waals surface area contributed by atoms with E-state index in [2.05, 4.69) is 33.9 Å². The molecule has 2 amide bonds. The normalized spacial score (nSPS) is 20.0. The molecule has 3 aromatic carbocycles. The number of aliphatic hydroxyl groups is 1. The predicted molar refractivity (Wildman–Crippen MR) is 218 cm³/mol. The third-order valence-corrected chi connectivity index (χ3v) is 15.7. The van der Waals surface area contributed by atoms with Gasteiger partial charge in [0.15, 0.2) is 26.0 Å². The van der Waals surface area contributed by atoms with Crippen LogP contribution in [-0.4, -0.2) is 86.6 Å². The number of amides is 2. The van der Waals surface area contributed by atoms with Crippen LogP contribution in [0.2, 0.25) is 18.1 Å². The van der Waals surface area contributed by atoms with Crippen molar-refractivity contribution in [3.63, 3.8) is 0 Å². The summed E-state index contributed by atoms with van der Waals surface area (Å²) in [7, 11) is 1.10. The zero-order valence-electron chi connectivity index (χ0n) is 35.1. The molecule has 2 aliphatic rings. The number of methoxy groups -OCH3 is 2. The molecule has 1 fully saturated rings. The summed E-state index contributed by atoms with van der Waals surface area (Å²) >= 11 is 0. The zero-order valence-corrected chi connectivity index (χ0v) is 36.1. The van der Waals surface area contributed by atoms with Gasteiger partial charge < -0.3 is 38.1 Å². The number of carbonyl (C=O) groups is 2. The molecule has 11 nitrogen and oxygen atoms in total. The molecule has 0 saturated carbocycles. The molecule has 0 radical (unpaired) electrons. The standard InChI is InChI=1S/C44H62N2O9Si/c1-29-37(50-8)32-25-34-41(48)46(42(49)55-43(2,3)4)33(23-18-24-54-56(10,11)44(5,6)7)40(47)45(34)35(28-52-26-30-19-14-12-15-20-30)36(32)39(38(29)51-9)53-27-31-21-16-13-17-22-31/h12-17,19-22,33-35,41,48H,18,23-28H2,1-11H3/t33-,34-,35-,41+/m0/s1. The smallest absolute Gasteiger partial charge is 0.413 e. The lowest BCUT2D eigenvalue weighted by Gasteiger charge is -2.54. The van der Waals surface area contributed by atoms with Crippen molar-refractivity contribution in [3.05, 3.63) is 88.5 Å². The number of benzene rings is 3. The van der Waals surface area contributed by atoms with E-state index < -0.39 is 44.4 Å². The maximum atomic E-state index is 15.2. The number of hydrogen-bond donors (Lipinski definition) is 1. The first-order chi connectivity index (χ1) is 26.4. The van der Waals surface area contributed by atoms with Crippen LogP contribution in [-0.2, 0) is 38.3 Å². The van der Waals surface area contributed by atoms with Gasteiger partial charge in [0.25, 0.3) is 0 Å². The van der Waals surface area contributed by atoms with Crippen LogP contribution in [0.4, 0.5) is 4.79 Å². The Balaban J connectivity index is 1.62. The highest BCUT2D eigenvalue weighted by Gasteiger charge is 2.55. The van der Waals surface area contributed by atoms with E-state index in [0.29, 0.717) is 42.4 Å². The van der Waals surface area contributed by atoms with Crippen molar-refractivity contribution >= 4 is 20.3 Å². The highest BCUT2D eigenvalue weighted by Crippen LogP contribution is 2.52. The second-order valence-electron chi connectivity index (χ2n) is 17.3. The van der Waals surface area contributed by atoms with Crippen molar-refractivity contribution in [1.82, 2.24) is 9.80 Å². The maximum Gasteiger partial charge on any atom is 0.413 e. The molecule has 1 saturated heterocycles. The fourth-order valence-electron chi connectivity index (χ4n) is 7.40. The number of ether oxygens (including phenoxy) is 5. The number of hydrogen-bond acceptors (Lipinski definition) is 9. The molecule has 0 aromatic heterocycles. The summed E-state index contributed by atoms with van der Waals surface area (Å²) in [5, 5.41) is 12.4. The second-order valence-corrected chi connectivity index (χ2v) is 22.1. The quantitative estimate of drug-likeness (QED) is 0.127. The van der Waals surface area contributed by atoms with Gasteiger partial charge in [-0.25, -0.2) is 4.79 Å². The summed E-state index contributed by atoms with van der Waals surface area (Å²) in [6, 6.07) is 17.0. The van der Waals surface area contributed by atoms with Gasteiger partial charge in [0.1, 0.15) is 24.0 Å². The monoisotopic (exact) mass is 790 g/mol. The minimum absolute atomic E-state index is 0.00848. The van der Waals surface area contributed by atoms with Gasteiger partial charge in [-0.1, -0.05) is 81.4 Å². The Morgan fingerprint density at radius 1 is 0.857 bits per heavy atom. The van der Waals surface area contributed by atoms with Crippen LogP contribution in [0, 0.1) is 6.92 Å². The van der Waals surface area contributed by atoms with E-state index in [-0.39, 0.29) is 37.0 Å². The third-order valence-electron chi connectivity index (χ3n) is 11.2. The van der Waals surface area contributed by atoms with E-state index >= 15 is 4.79 Å². The first kappa shape index (κ1) is 43.0. The molecule has 2 aliphatic heterocycles. The molecular formula is C44H62N2O9Si. The Labute approximate surface area is 334 Å². The van der Waals surface area contributed by atoms with Crippen LogP contribution in [0.5, 0.6) is 17.2 Å². The van der Waals surface area contributed by atoms with E-state index in [0.717, 1.165) is 22.3 Å². The molecule has 3 aromatic rings. The van der Waals surface area contributed by atoms with Crippen LogP contribution in [0.25, 0.3) is 0 Å². The molecule has 306 valence electrons. The van der Waals surface area contributed by atoms with Gasteiger partial charge in [-0.2, -0.15) is 0 Å². The minimum Gasteiger partial charge on any atom is -0.496 e. The Bertz CT molecular complexity index is 1810. The van der Waals surface area contributed by atoms with Crippen molar-refractivity contribution in [2.45, 2.75) is 129 Å². The summed E-state index contributed by atoms with van der Waals surface area (Å²) in [6.45, 7) is 19.2. The van der Waals surface area contributed by atoms with E-state index in [1.807, 2.05) is 67.6 Å². The predicted octanol–water partition coefficient (Wildman–Crippen LogP) is 8.34. The molecular weight excluding hydrogens is 729 g/mol. The Hall–Kier alpha value is -4.10. The number of carbonyl (C=O) groups excluding carboxylic acids is 2. The average molecular weight is 791 g/mol. The largest absolute Gasteiger partial charge is 0.496 e. The lowest BCUT2D eigenvalue weighted by atomic mass is 9.82. The highest BCUT2D eigenvalue weighted by molar-refractivity contribution is 6.74. The van der Waals surface area contributed by atoms with E-state index in [9.17, 15) is 9.90 Å². The van der Waals surface area contributed by atoms with Crippen molar-refractivity contribution in [2.24, 2.45) is 0 Å². The van der Waals surface area contributed by atoms with Gasteiger partial charge in [-0.15, -0.1) is 0 Å². The first-order valence-electron chi connectivity index (χ1n) is 19.6. The van der Waals surface area contributed by atoms with Crippen LogP contribution >= 0.6 is 0 Å². The van der Waals surface area contributed by atoms with Gasteiger partial charge in [0.2, 0.25) is 5.91 Å². The number of piperazine rings is 1. The second kappa shape index (κ2) is 17.6. The summed E-state index contributed by atoms with van der Waals surface area (Å²) in [4.78, 5) is 32.2. The maximum absolute atomic E-state index is 15.2. The molecule has 56 heavy (non-hydrogen) atoms. The fourth-order valence-corrected chi connectivity index (χ4v) is 8.48. The number of aliphatic hydroxyl groups excluding tert-OH is 1. The Kier molecular flexibility index (Phi) is 13.5. The van der Waals surface area contributed by atoms with E-state index in [1.54, 1.807) is 39.9 Å². The molecule has 4 atom stereocenters. The molecule has 0 unspecified atom stereocenters. The SMILES string of the molecule is COc1c(C)c(OC)c(OCc2ccccc2)c2c1C[C@H]1[C@@H](O)N(C(=O)OC(C)(C)C)[C@@H](CCCO[Si](C)(C)C(C)(C)C)C(=O)N1[C@H]2COCc1ccccc1. The van der Waals surface area contributed by atoms with Crippen molar-refractivity contribution in [1.29, 1.82) is 0 Å². The fraction of sp³-hybridized carbons (Fsp3) is 0.545. The third kappa shape index (κ3) is 9.36. The molecule has 1 N–H and O–H groups in total. The lowest BCUT2D eigenvalue weighted by Crippen LogP contribution is -2.70.